The van der Waals surface area contributed by atoms with Crippen LogP contribution in [0.25, 0.3) is 10.9 Å². The van der Waals surface area contributed by atoms with Gasteiger partial charge in [-0.1, -0.05) is 30.3 Å². The maximum atomic E-state index is 12.9. The zero-order valence-electron chi connectivity index (χ0n) is 19.0. The lowest BCUT2D eigenvalue weighted by molar-refractivity contribution is 0.406. The summed E-state index contributed by atoms with van der Waals surface area (Å²) in [6, 6.07) is 23.8. The predicted octanol–water partition coefficient (Wildman–Crippen LogP) is 5.55. The van der Waals surface area contributed by atoms with Crippen LogP contribution in [0.2, 0.25) is 0 Å². The van der Waals surface area contributed by atoms with Gasteiger partial charge in [0.05, 0.1) is 13.7 Å². The van der Waals surface area contributed by atoms with Gasteiger partial charge in [-0.15, -0.1) is 0 Å². The van der Waals surface area contributed by atoms with Crippen molar-refractivity contribution in [2.75, 3.05) is 12.4 Å². The largest absolute Gasteiger partial charge is 0.497 e. The summed E-state index contributed by atoms with van der Waals surface area (Å²) >= 11 is 5.76. The number of pyridine rings is 1. The number of aryl methyl sites for hydroxylation is 2. The van der Waals surface area contributed by atoms with Crippen LogP contribution in [0, 0.1) is 13.8 Å². The maximum Gasteiger partial charge on any atom is 0.253 e. The molecule has 0 spiro atoms. The fraction of sp³-hybridized carbons (Fsp3) is 0.185. The molecule has 2 N–H and O–H groups in total. The van der Waals surface area contributed by atoms with Gasteiger partial charge in [-0.3, -0.25) is 4.79 Å². The number of thiocarbonyl (C=S) groups is 1. The summed E-state index contributed by atoms with van der Waals surface area (Å²) in [4.78, 5) is 18.0. The van der Waals surface area contributed by atoms with E-state index in [0.717, 1.165) is 33.5 Å². The molecule has 0 unspecified atom stereocenters. The predicted molar refractivity (Wildman–Crippen MR) is 139 cm³/mol. The maximum absolute atomic E-state index is 12.9. The monoisotopic (exact) mass is 457 g/mol. The summed E-state index contributed by atoms with van der Waals surface area (Å²) in [6.45, 7) is 5.05. The van der Waals surface area contributed by atoms with Gasteiger partial charge in [0.15, 0.2) is 5.11 Å². The summed E-state index contributed by atoms with van der Waals surface area (Å²) in [7, 11) is 1.65. The van der Waals surface area contributed by atoms with Gasteiger partial charge in [-0.25, -0.2) is 0 Å². The van der Waals surface area contributed by atoms with Crippen molar-refractivity contribution in [3.63, 3.8) is 0 Å². The van der Waals surface area contributed by atoms with E-state index in [-0.39, 0.29) is 5.56 Å². The zero-order chi connectivity index (χ0) is 23.4. The Morgan fingerprint density at radius 2 is 1.67 bits per heavy atom. The average molecular weight is 458 g/mol. The summed E-state index contributed by atoms with van der Waals surface area (Å²) in [5.74, 6) is 0.798. The van der Waals surface area contributed by atoms with Crippen molar-refractivity contribution in [2.24, 2.45) is 0 Å². The standard InChI is InChI=1S/C27H27N3O2S/c1-18-13-21-15-22(26(31)29-25(21)14-19(18)2)17-30(16-20-9-11-24(32-3)12-10-20)27(33)28-23-7-5-4-6-8-23/h4-15H,16-17H2,1-3H3,(H,28,33)(H,29,31). The minimum Gasteiger partial charge on any atom is -0.497 e. The highest BCUT2D eigenvalue weighted by atomic mass is 32.1. The summed E-state index contributed by atoms with van der Waals surface area (Å²) in [5.41, 5.74) is 5.72. The van der Waals surface area contributed by atoms with Crippen LogP contribution in [-0.2, 0) is 13.1 Å². The van der Waals surface area contributed by atoms with Crippen LogP contribution in [-0.4, -0.2) is 22.1 Å². The number of aromatic amines is 1. The molecule has 0 amide bonds. The number of para-hydroxylation sites is 1. The van der Waals surface area contributed by atoms with Crippen molar-refractivity contribution >= 4 is 33.9 Å². The normalized spacial score (nSPS) is 10.8. The van der Waals surface area contributed by atoms with E-state index < -0.39 is 0 Å². The van der Waals surface area contributed by atoms with Crippen molar-refractivity contribution in [2.45, 2.75) is 26.9 Å². The minimum atomic E-state index is -0.104. The molecule has 0 aliphatic rings. The van der Waals surface area contributed by atoms with Gasteiger partial charge in [0.25, 0.3) is 5.56 Å². The molecule has 4 aromatic rings. The molecule has 6 heteroatoms. The van der Waals surface area contributed by atoms with Gasteiger partial charge in [0.1, 0.15) is 5.75 Å². The van der Waals surface area contributed by atoms with Crippen molar-refractivity contribution < 1.29 is 4.74 Å². The molecule has 0 fully saturated rings. The van der Waals surface area contributed by atoms with Gasteiger partial charge < -0.3 is 19.9 Å². The van der Waals surface area contributed by atoms with E-state index in [2.05, 4.69) is 23.3 Å². The van der Waals surface area contributed by atoms with Crippen LogP contribution in [0.4, 0.5) is 5.69 Å². The first kappa shape index (κ1) is 22.6. The second kappa shape index (κ2) is 9.88. The molecule has 33 heavy (non-hydrogen) atoms. The Morgan fingerprint density at radius 3 is 2.36 bits per heavy atom. The zero-order valence-corrected chi connectivity index (χ0v) is 19.8. The van der Waals surface area contributed by atoms with E-state index in [9.17, 15) is 4.79 Å². The highest BCUT2D eigenvalue weighted by Crippen LogP contribution is 2.20. The molecule has 0 radical (unpaired) electrons. The van der Waals surface area contributed by atoms with Crippen LogP contribution in [0.15, 0.2) is 77.6 Å². The quantitative estimate of drug-likeness (QED) is 0.372. The molecule has 1 aromatic heterocycles. The molecule has 168 valence electrons. The Morgan fingerprint density at radius 1 is 0.970 bits per heavy atom. The van der Waals surface area contributed by atoms with Gasteiger partial charge >= 0.3 is 0 Å². The topological polar surface area (TPSA) is 57.4 Å². The highest BCUT2D eigenvalue weighted by Gasteiger charge is 2.15. The number of benzene rings is 3. The number of aromatic nitrogens is 1. The minimum absolute atomic E-state index is 0.104. The second-order valence-corrected chi connectivity index (χ2v) is 8.53. The van der Waals surface area contributed by atoms with E-state index in [1.165, 1.54) is 5.56 Å². The Balaban J connectivity index is 1.65. The number of hydrogen-bond acceptors (Lipinski definition) is 3. The van der Waals surface area contributed by atoms with Gasteiger partial charge in [0.2, 0.25) is 0 Å². The third kappa shape index (κ3) is 5.41. The van der Waals surface area contributed by atoms with Gasteiger partial charge in [-0.05, 0) is 90.6 Å². The van der Waals surface area contributed by atoms with E-state index in [1.807, 2.05) is 78.6 Å². The fourth-order valence-electron chi connectivity index (χ4n) is 3.72. The number of rotatable bonds is 6. The third-order valence-electron chi connectivity index (χ3n) is 5.74. The molecule has 0 aliphatic heterocycles. The van der Waals surface area contributed by atoms with Crippen LogP contribution >= 0.6 is 12.2 Å². The lowest BCUT2D eigenvalue weighted by Gasteiger charge is -2.26. The smallest absolute Gasteiger partial charge is 0.253 e. The van der Waals surface area contributed by atoms with E-state index in [4.69, 9.17) is 17.0 Å². The number of methoxy groups -OCH3 is 1. The van der Waals surface area contributed by atoms with E-state index >= 15 is 0 Å². The van der Waals surface area contributed by atoms with Crippen LogP contribution < -0.4 is 15.6 Å². The van der Waals surface area contributed by atoms with E-state index in [0.29, 0.717) is 23.8 Å². The van der Waals surface area contributed by atoms with Gasteiger partial charge in [-0.2, -0.15) is 0 Å². The molecule has 0 saturated carbocycles. The number of H-pyrrole nitrogens is 1. The Bertz CT molecular complexity index is 1330. The fourth-order valence-corrected chi connectivity index (χ4v) is 3.97. The van der Waals surface area contributed by atoms with Crippen molar-refractivity contribution in [1.29, 1.82) is 0 Å². The molecule has 5 nitrogen and oxygen atoms in total. The summed E-state index contributed by atoms with van der Waals surface area (Å²) in [6.07, 6.45) is 0. The average Bonchev–Trinajstić information content (AvgIpc) is 2.81. The molecule has 0 bridgehead atoms. The molecule has 3 aromatic carbocycles. The number of nitrogens with one attached hydrogen (secondary N) is 2. The second-order valence-electron chi connectivity index (χ2n) is 8.15. The molecule has 4 rings (SSSR count). The molecular formula is C27H27N3O2S. The van der Waals surface area contributed by atoms with Crippen molar-refractivity contribution in [3.05, 3.63) is 105 Å². The van der Waals surface area contributed by atoms with Crippen LogP contribution in [0.3, 0.4) is 0 Å². The summed E-state index contributed by atoms with van der Waals surface area (Å²) < 4.78 is 5.27. The molecule has 0 saturated heterocycles. The van der Waals surface area contributed by atoms with Crippen LogP contribution in [0.5, 0.6) is 5.75 Å². The first-order valence-corrected chi connectivity index (χ1v) is 11.2. The van der Waals surface area contributed by atoms with Crippen molar-refractivity contribution in [1.82, 2.24) is 9.88 Å². The Kier molecular flexibility index (Phi) is 6.75. The Hall–Kier alpha value is -3.64. The molecule has 1 heterocycles. The SMILES string of the molecule is COc1ccc(CN(Cc2cc3cc(C)c(C)cc3[nH]c2=O)C(=S)Nc2ccccc2)cc1. The van der Waals surface area contributed by atoms with Gasteiger partial charge in [0, 0.05) is 23.3 Å². The first-order valence-electron chi connectivity index (χ1n) is 10.8. The molecule has 0 aliphatic carbocycles. The first-order chi connectivity index (χ1) is 15.9. The van der Waals surface area contributed by atoms with E-state index in [1.54, 1.807) is 7.11 Å². The number of nitrogens with zero attached hydrogens (tertiary/aromatic N) is 1. The Labute approximate surface area is 199 Å². The third-order valence-corrected chi connectivity index (χ3v) is 6.10. The number of ether oxygens (including phenoxy) is 1. The molecule has 0 atom stereocenters. The number of anilines is 1. The lowest BCUT2D eigenvalue weighted by atomic mass is 10.0. The molecular weight excluding hydrogens is 430 g/mol. The van der Waals surface area contributed by atoms with Crippen LogP contribution in [0.1, 0.15) is 22.3 Å². The number of hydrogen-bond donors (Lipinski definition) is 2. The lowest BCUT2D eigenvalue weighted by Crippen LogP contribution is -2.35. The summed E-state index contributed by atoms with van der Waals surface area (Å²) in [5, 5.41) is 4.86. The highest BCUT2D eigenvalue weighted by molar-refractivity contribution is 7.80. The number of fused-ring (bicyclic) bond motifs is 1. The van der Waals surface area contributed by atoms with Crippen molar-refractivity contribution in [3.8, 4) is 5.75 Å².